The van der Waals surface area contributed by atoms with Gasteiger partial charge in [0.05, 0.1) is 12.1 Å². The van der Waals surface area contributed by atoms with Gasteiger partial charge < -0.3 is 15.2 Å². The smallest absolute Gasteiger partial charge is 0.330 e. The normalized spacial score (nSPS) is 19.3. The lowest BCUT2D eigenvalue weighted by Gasteiger charge is -2.16. The number of carbonyl (C=O) groups excluding carboxylic acids is 1. The molecule has 0 aliphatic heterocycles. The number of rotatable bonds is 6. The third-order valence-corrected chi connectivity index (χ3v) is 4.83. The van der Waals surface area contributed by atoms with Crippen LogP contribution in [0.1, 0.15) is 29.5 Å². The van der Waals surface area contributed by atoms with E-state index in [1.54, 1.807) is 0 Å². The van der Waals surface area contributed by atoms with Gasteiger partial charge in [0.1, 0.15) is 17.4 Å². The molecule has 0 saturated heterocycles. The van der Waals surface area contributed by atoms with Crippen LogP contribution >= 0.6 is 11.6 Å². The van der Waals surface area contributed by atoms with Gasteiger partial charge in [0.25, 0.3) is 0 Å². The molecule has 0 bridgehead atoms. The van der Waals surface area contributed by atoms with Gasteiger partial charge in [-0.1, -0.05) is 23.7 Å². The van der Waals surface area contributed by atoms with E-state index < -0.39 is 41.4 Å². The van der Waals surface area contributed by atoms with Crippen LogP contribution in [0, 0.1) is 17.6 Å². The molecule has 1 amide bonds. The highest BCUT2D eigenvalue weighted by Gasteiger charge is 2.46. The van der Waals surface area contributed by atoms with E-state index in [-0.39, 0.29) is 16.1 Å². The van der Waals surface area contributed by atoms with Crippen molar-refractivity contribution in [1.82, 2.24) is 5.32 Å². The van der Waals surface area contributed by atoms with Gasteiger partial charge in [-0.3, -0.25) is 4.79 Å². The van der Waals surface area contributed by atoms with Crippen molar-refractivity contribution in [3.8, 4) is 5.75 Å². The van der Waals surface area contributed by atoms with Crippen molar-refractivity contribution >= 4 is 23.5 Å². The fourth-order valence-corrected chi connectivity index (χ4v) is 3.30. The summed E-state index contributed by atoms with van der Waals surface area (Å²) in [4.78, 5) is 24.0. The Labute approximate surface area is 158 Å². The number of amides is 1. The lowest BCUT2D eigenvalue weighted by atomic mass is 10.1. The van der Waals surface area contributed by atoms with Crippen LogP contribution in [0.25, 0.3) is 0 Å². The average molecular weight is 396 g/mol. The van der Waals surface area contributed by atoms with Crippen LogP contribution < -0.4 is 10.1 Å². The standard InChI is InChI=1S/C19H16ClF2NO4/c1-27-16-5-2-9(6-14(16)20)17(19(25)26)23-18(24)13-8-12(13)11-4-3-10(21)7-15(11)22/h2-7,12-13,17H,8H2,1H3,(H,23,24)(H,25,26). The molecule has 3 unspecified atom stereocenters. The maximum absolute atomic E-state index is 13.9. The van der Waals surface area contributed by atoms with Crippen molar-refractivity contribution in [2.24, 2.45) is 5.92 Å². The number of methoxy groups -OCH3 is 1. The highest BCUT2D eigenvalue weighted by Crippen LogP contribution is 2.48. The number of nitrogens with one attached hydrogen (secondary N) is 1. The van der Waals surface area contributed by atoms with E-state index >= 15 is 0 Å². The fourth-order valence-electron chi connectivity index (χ4n) is 3.03. The maximum atomic E-state index is 13.9. The van der Waals surface area contributed by atoms with Crippen molar-refractivity contribution < 1.29 is 28.2 Å². The summed E-state index contributed by atoms with van der Waals surface area (Å²) < 4.78 is 31.9. The molecule has 0 radical (unpaired) electrons. The predicted octanol–water partition coefficient (Wildman–Crippen LogP) is 3.67. The number of halogens is 3. The highest BCUT2D eigenvalue weighted by atomic mass is 35.5. The summed E-state index contributed by atoms with van der Waals surface area (Å²) in [7, 11) is 1.43. The summed E-state index contributed by atoms with van der Waals surface area (Å²) in [6.07, 6.45) is 0.365. The number of ether oxygens (including phenoxy) is 1. The first-order valence-corrected chi connectivity index (χ1v) is 8.51. The second-order valence-corrected chi connectivity index (χ2v) is 6.70. The molecule has 0 aromatic heterocycles. The zero-order chi connectivity index (χ0) is 19.7. The highest BCUT2D eigenvalue weighted by molar-refractivity contribution is 6.32. The lowest BCUT2D eigenvalue weighted by Crippen LogP contribution is -2.35. The van der Waals surface area contributed by atoms with E-state index in [2.05, 4.69) is 5.32 Å². The van der Waals surface area contributed by atoms with E-state index in [0.29, 0.717) is 12.2 Å². The lowest BCUT2D eigenvalue weighted by molar-refractivity contribution is -0.142. The molecule has 2 aromatic carbocycles. The van der Waals surface area contributed by atoms with Crippen LogP contribution in [0.4, 0.5) is 8.78 Å². The summed E-state index contributed by atoms with van der Waals surface area (Å²) in [5, 5.41) is 12.1. The Hall–Kier alpha value is -2.67. The molecule has 0 spiro atoms. The average Bonchev–Trinajstić information content (AvgIpc) is 3.39. The Balaban J connectivity index is 1.73. The molecule has 1 fully saturated rings. The number of benzene rings is 2. The van der Waals surface area contributed by atoms with Crippen molar-refractivity contribution in [2.75, 3.05) is 7.11 Å². The second kappa shape index (κ2) is 7.52. The Morgan fingerprint density at radius 3 is 2.59 bits per heavy atom. The van der Waals surface area contributed by atoms with Gasteiger partial charge in [0, 0.05) is 12.0 Å². The molecule has 3 rings (SSSR count). The van der Waals surface area contributed by atoms with E-state index in [0.717, 1.165) is 12.1 Å². The number of hydrogen-bond donors (Lipinski definition) is 2. The van der Waals surface area contributed by atoms with Gasteiger partial charge in [-0.05, 0) is 41.7 Å². The quantitative estimate of drug-likeness (QED) is 0.782. The van der Waals surface area contributed by atoms with Gasteiger partial charge in [0.2, 0.25) is 5.91 Å². The minimum absolute atomic E-state index is 0.216. The summed E-state index contributed by atoms with van der Waals surface area (Å²) in [5.41, 5.74) is 0.530. The minimum atomic E-state index is -1.31. The largest absolute Gasteiger partial charge is 0.495 e. The SMILES string of the molecule is COc1ccc(C(NC(=O)C2CC2c2ccc(F)cc2F)C(=O)O)cc1Cl. The first-order chi connectivity index (χ1) is 12.8. The first kappa shape index (κ1) is 19.1. The minimum Gasteiger partial charge on any atom is -0.495 e. The first-order valence-electron chi connectivity index (χ1n) is 8.13. The van der Waals surface area contributed by atoms with E-state index in [4.69, 9.17) is 16.3 Å². The van der Waals surface area contributed by atoms with Crippen LogP contribution in [0.3, 0.4) is 0 Å². The fraction of sp³-hybridized carbons (Fsp3) is 0.263. The Morgan fingerprint density at radius 1 is 1.26 bits per heavy atom. The van der Waals surface area contributed by atoms with Gasteiger partial charge in [0.15, 0.2) is 6.04 Å². The molecule has 1 saturated carbocycles. The number of carboxylic acid groups (broad SMARTS) is 1. The Kier molecular flexibility index (Phi) is 5.32. The third kappa shape index (κ3) is 4.03. The van der Waals surface area contributed by atoms with E-state index in [1.807, 2.05) is 0 Å². The zero-order valence-electron chi connectivity index (χ0n) is 14.2. The van der Waals surface area contributed by atoms with Crippen LogP contribution in [0.5, 0.6) is 5.75 Å². The van der Waals surface area contributed by atoms with E-state index in [1.165, 1.54) is 31.4 Å². The van der Waals surface area contributed by atoms with E-state index in [9.17, 15) is 23.5 Å². The number of carbonyl (C=O) groups is 2. The summed E-state index contributed by atoms with van der Waals surface area (Å²) in [6.45, 7) is 0. The topological polar surface area (TPSA) is 75.6 Å². The third-order valence-electron chi connectivity index (χ3n) is 4.53. The molecule has 0 heterocycles. The molecule has 3 atom stereocenters. The number of hydrogen-bond acceptors (Lipinski definition) is 3. The zero-order valence-corrected chi connectivity index (χ0v) is 15.0. The molecule has 1 aliphatic rings. The molecule has 8 heteroatoms. The summed E-state index contributed by atoms with van der Waals surface area (Å²) in [5.74, 6) is -3.77. The molecule has 1 aliphatic carbocycles. The molecule has 27 heavy (non-hydrogen) atoms. The molecule has 142 valence electrons. The van der Waals surface area contributed by atoms with Crippen LogP contribution in [0.15, 0.2) is 36.4 Å². The van der Waals surface area contributed by atoms with Crippen molar-refractivity contribution in [1.29, 1.82) is 0 Å². The van der Waals surface area contributed by atoms with Gasteiger partial charge >= 0.3 is 5.97 Å². The molecular weight excluding hydrogens is 380 g/mol. The Morgan fingerprint density at radius 2 is 2.00 bits per heavy atom. The molecule has 5 nitrogen and oxygen atoms in total. The Bertz CT molecular complexity index is 905. The molecule has 2 aromatic rings. The van der Waals surface area contributed by atoms with Gasteiger partial charge in [-0.25, -0.2) is 13.6 Å². The summed E-state index contributed by atoms with van der Waals surface area (Å²) >= 11 is 6.02. The van der Waals surface area contributed by atoms with Crippen molar-refractivity contribution in [3.63, 3.8) is 0 Å². The van der Waals surface area contributed by atoms with Crippen LogP contribution in [-0.2, 0) is 9.59 Å². The maximum Gasteiger partial charge on any atom is 0.330 e. The second-order valence-electron chi connectivity index (χ2n) is 6.29. The van der Waals surface area contributed by atoms with Gasteiger partial charge in [-0.15, -0.1) is 0 Å². The van der Waals surface area contributed by atoms with Crippen molar-refractivity contribution in [3.05, 3.63) is 64.2 Å². The van der Waals surface area contributed by atoms with Crippen molar-refractivity contribution in [2.45, 2.75) is 18.4 Å². The van der Waals surface area contributed by atoms with Gasteiger partial charge in [-0.2, -0.15) is 0 Å². The predicted molar refractivity (Wildman–Crippen MR) is 93.7 cm³/mol. The van der Waals surface area contributed by atoms with Crippen LogP contribution in [-0.4, -0.2) is 24.1 Å². The summed E-state index contributed by atoms with van der Waals surface area (Å²) in [6, 6.07) is 6.30. The van der Waals surface area contributed by atoms with Crippen LogP contribution in [0.2, 0.25) is 5.02 Å². The molecule has 2 N–H and O–H groups in total. The monoisotopic (exact) mass is 395 g/mol. The molecular formula is C19H16ClF2NO4. The number of aliphatic carboxylic acids is 1. The number of carboxylic acids is 1.